The number of benzene rings is 10. The second kappa shape index (κ2) is 14.3. The van der Waals surface area contributed by atoms with Gasteiger partial charge in [-0.05, 0) is 16.2 Å². The molecule has 10 aromatic carbocycles. The number of fused-ring (bicyclic) bond motifs is 5. The van der Waals surface area contributed by atoms with E-state index in [1.807, 2.05) is 0 Å². The Labute approximate surface area is 340 Å². The molecule has 11 rings (SSSR count). The van der Waals surface area contributed by atoms with Crippen molar-refractivity contribution in [3.8, 4) is 33.4 Å². The van der Waals surface area contributed by atoms with Gasteiger partial charge in [-0.15, -0.1) is 0 Å². The van der Waals surface area contributed by atoms with Crippen LogP contribution in [0.5, 0.6) is 0 Å². The van der Waals surface area contributed by atoms with E-state index in [0.29, 0.717) is 0 Å². The average Bonchev–Trinajstić information content (AvgIpc) is 3.48. The van der Waals surface area contributed by atoms with Crippen LogP contribution in [0.4, 0.5) is 5.69 Å². The van der Waals surface area contributed by atoms with Gasteiger partial charge in [-0.1, -0.05) is 60.7 Å². The van der Waals surface area contributed by atoms with Gasteiger partial charge in [-0.25, -0.2) is 0 Å². The van der Waals surface area contributed by atoms with Crippen molar-refractivity contribution in [3.05, 3.63) is 221 Å². The molecule has 1 aliphatic heterocycles. The van der Waals surface area contributed by atoms with E-state index in [2.05, 4.69) is 206 Å². The van der Waals surface area contributed by atoms with E-state index in [1.165, 1.54) is 99.3 Å². The molecule has 1 heterocycles. The van der Waals surface area contributed by atoms with Gasteiger partial charge in [-0.3, -0.25) is 0 Å². The van der Waals surface area contributed by atoms with Crippen LogP contribution in [-0.2, 0) is 6.42 Å². The molecule has 270 valence electrons. The standard InChI is InChI=1S/C55H38IN/c1-2-17-47(18-3-1)56-33-32-40-14-8-11-21-52(40)57-55(56)41-26-22-39(23-27-41)44-30-31-50-51(36-44)54(46-29-25-38-13-5-7-16-43(38)35-46)49-20-10-9-19-48(49)53(50)45-28-24-37-12-4-6-15-42(37)34-45/h1-31,34-36H,32-33H2. The molecule has 0 saturated carbocycles. The zero-order valence-corrected chi connectivity index (χ0v) is 33.5. The number of para-hydroxylation sites is 1. The molecule has 0 aromatic heterocycles. The third-order valence-corrected chi connectivity index (χ3v) is 17.5. The Morgan fingerprint density at radius 3 is 1.54 bits per heavy atom. The van der Waals surface area contributed by atoms with Crippen LogP contribution in [0.1, 0.15) is 11.1 Å². The number of aryl methyl sites for hydroxylation is 1. The summed E-state index contributed by atoms with van der Waals surface area (Å²) in [4.78, 5) is 5.45. The fourth-order valence-electron chi connectivity index (χ4n) is 8.72. The summed E-state index contributed by atoms with van der Waals surface area (Å²) in [7, 11) is 0. The minimum atomic E-state index is -1.80. The fourth-order valence-corrected chi connectivity index (χ4v) is 14.5. The van der Waals surface area contributed by atoms with E-state index in [1.54, 1.807) is 0 Å². The van der Waals surface area contributed by atoms with Crippen LogP contribution in [0.25, 0.3) is 76.5 Å². The molecule has 10 aromatic rings. The van der Waals surface area contributed by atoms with Gasteiger partial charge in [0.05, 0.1) is 0 Å². The predicted molar refractivity (Wildman–Crippen MR) is 253 cm³/mol. The number of aliphatic imine (C=N–C) groups is 1. The normalized spacial score (nSPS) is 13.5. The maximum absolute atomic E-state index is 5.45. The predicted octanol–water partition coefficient (Wildman–Crippen LogP) is 15.3. The van der Waals surface area contributed by atoms with Gasteiger partial charge in [0.2, 0.25) is 0 Å². The van der Waals surface area contributed by atoms with E-state index in [9.17, 15) is 0 Å². The van der Waals surface area contributed by atoms with Crippen molar-refractivity contribution in [2.75, 3.05) is 4.43 Å². The van der Waals surface area contributed by atoms with Gasteiger partial charge >= 0.3 is 266 Å². The summed E-state index contributed by atoms with van der Waals surface area (Å²) >= 11 is -1.80. The van der Waals surface area contributed by atoms with E-state index in [4.69, 9.17) is 4.99 Å². The molecule has 0 spiro atoms. The molecular weight excluding hydrogens is 802 g/mol. The van der Waals surface area contributed by atoms with Crippen molar-refractivity contribution in [2.24, 2.45) is 4.99 Å². The minimum absolute atomic E-state index is 1.08. The van der Waals surface area contributed by atoms with Crippen molar-refractivity contribution in [2.45, 2.75) is 6.42 Å². The zero-order valence-electron chi connectivity index (χ0n) is 31.4. The topological polar surface area (TPSA) is 12.4 Å². The Bertz CT molecular complexity index is 3180. The first kappa shape index (κ1) is 33.9. The van der Waals surface area contributed by atoms with Gasteiger partial charge < -0.3 is 0 Å². The molecule has 1 nitrogen and oxygen atoms in total. The molecule has 0 radical (unpaired) electrons. The maximum atomic E-state index is 5.45. The molecule has 0 saturated heterocycles. The first-order chi connectivity index (χ1) is 28.2. The Hall–Kier alpha value is -6.36. The summed E-state index contributed by atoms with van der Waals surface area (Å²) in [6, 6.07) is 76.5. The van der Waals surface area contributed by atoms with Crippen molar-refractivity contribution in [1.29, 1.82) is 0 Å². The number of hydrogen-bond acceptors (Lipinski definition) is 1. The van der Waals surface area contributed by atoms with Gasteiger partial charge in [-0.2, -0.15) is 0 Å². The van der Waals surface area contributed by atoms with Crippen LogP contribution in [0.3, 0.4) is 0 Å². The Morgan fingerprint density at radius 1 is 0.351 bits per heavy atom. The van der Waals surface area contributed by atoms with Gasteiger partial charge in [0.25, 0.3) is 0 Å². The van der Waals surface area contributed by atoms with E-state index < -0.39 is 19.8 Å². The summed E-state index contributed by atoms with van der Waals surface area (Å²) in [5.41, 5.74) is 11.2. The van der Waals surface area contributed by atoms with Gasteiger partial charge in [0, 0.05) is 0 Å². The average molecular weight is 840 g/mol. The second-order valence-corrected chi connectivity index (χ2v) is 20.3. The quantitative estimate of drug-likeness (QED) is 0.0930. The van der Waals surface area contributed by atoms with Crippen LogP contribution in [0, 0.1) is 3.57 Å². The number of halogens is 1. The molecule has 0 aliphatic carbocycles. The van der Waals surface area contributed by atoms with Crippen LogP contribution in [-0.4, -0.2) is 8.15 Å². The first-order valence-electron chi connectivity index (χ1n) is 19.7. The summed E-state index contributed by atoms with van der Waals surface area (Å²) in [6.45, 7) is 0. The summed E-state index contributed by atoms with van der Waals surface area (Å²) < 4.78 is 3.95. The third kappa shape index (κ3) is 6.12. The molecule has 57 heavy (non-hydrogen) atoms. The first-order valence-corrected chi connectivity index (χ1v) is 23.4. The molecule has 0 unspecified atom stereocenters. The Kier molecular flexibility index (Phi) is 8.51. The van der Waals surface area contributed by atoms with E-state index in [0.717, 1.165) is 12.1 Å². The van der Waals surface area contributed by atoms with Gasteiger partial charge in [0.15, 0.2) is 0 Å². The van der Waals surface area contributed by atoms with Crippen LogP contribution >= 0.6 is 19.8 Å². The summed E-state index contributed by atoms with van der Waals surface area (Å²) in [5.74, 6) is 0. The molecular formula is C55H38IN. The molecule has 1 aliphatic rings. The zero-order chi connectivity index (χ0) is 37.7. The Morgan fingerprint density at radius 2 is 0.860 bits per heavy atom. The molecule has 0 N–H and O–H groups in total. The molecule has 0 atom stereocenters. The number of rotatable bonds is 5. The number of hydrogen-bond donors (Lipinski definition) is 0. The summed E-state index contributed by atoms with van der Waals surface area (Å²) in [5, 5.41) is 10.1. The molecule has 0 amide bonds. The van der Waals surface area contributed by atoms with E-state index >= 15 is 0 Å². The second-order valence-electron chi connectivity index (χ2n) is 14.9. The summed E-state index contributed by atoms with van der Waals surface area (Å²) in [6.07, 6.45) is 1.08. The third-order valence-electron chi connectivity index (χ3n) is 11.5. The SMILES string of the molecule is c1ccc(I2CCc3ccccc3N=C2c2ccc(-c3ccc4c(-c5ccc6ccccc6c5)c5ccccc5c(-c5ccc6ccccc6c5)c4c3)cc2)cc1. The van der Waals surface area contributed by atoms with Crippen molar-refractivity contribution in [3.63, 3.8) is 0 Å². The van der Waals surface area contributed by atoms with Crippen molar-refractivity contribution < 1.29 is 0 Å². The molecule has 0 fully saturated rings. The number of alkyl halides is 1. The molecule has 2 heteroatoms. The van der Waals surface area contributed by atoms with Crippen LogP contribution in [0.15, 0.2) is 211 Å². The Balaban J connectivity index is 1.10. The van der Waals surface area contributed by atoms with E-state index in [-0.39, 0.29) is 0 Å². The van der Waals surface area contributed by atoms with Crippen LogP contribution in [0.2, 0.25) is 0 Å². The number of nitrogens with zero attached hydrogens (tertiary/aromatic N) is 1. The van der Waals surface area contributed by atoms with Crippen molar-refractivity contribution in [1.82, 2.24) is 0 Å². The monoisotopic (exact) mass is 839 g/mol. The van der Waals surface area contributed by atoms with Crippen LogP contribution < -0.4 is 0 Å². The fraction of sp³-hybridized carbons (Fsp3) is 0.0364. The van der Waals surface area contributed by atoms with Crippen molar-refractivity contribution >= 4 is 72.3 Å². The molecule has 0 bridgehead atoms. The van der Waals surface area contributed by atoms with Gasteiger partial charge in [0.1, 0.15) is 0 Å².